The number of halogens is 1. The Hall–Kier alpha value is -1.17. The van der Waals surface area contributed by atoms with E-state index in [4.69, 9.17) is 11.6 Å². The molecule has 0 fully saturated rings. The van der Waals surface area contributed by atoms with Crippen LogP contribution in [0, 0.1) is 0 Å². The Morgan fingerprint density at radius 1 is 1.59 bits per heavy atom. The minimum Gasteiger partial charge on any atom is -0.390 e. The lowest BCUT2D eigenvalue weighted by molar-refractivity contribution is 0.0892. The summed E-state index contributed by atoms with van der Waals surface area (Å²) in [5.41, 5.74) is 0.384. The lowest BCUT2D eigenvalue weighted by Gasteiger charge is -2.16. The van der Waals surface area contributed by atoms with Crippen LogP contribution in [0.1, 0.15) is 10.4 Å². The van der Waals surface area contributed by atoms with Crippen LogP contribution in [0.5, 0.6) is 0 Å². The minimum atomic E-state index is -0.596. The first-order valence-corrected chi connectivity index (χ1v) is 5.58. The second-order valence-electron chi connectivity index (χ2n) is 4.02. The molecule has 0 saturated heterocycles. The number of likely N-dealkylation sites (N-methyl/N-ethyl adjacent to an activating group) is 1. The van der Waals surface area contributed by atoms with Gasteiger partial charge in [-0.2, -0.15) is 0 Å². The van der Waals surface area contributed by atoms with E-state index in [2.05, 4.69) is 10.3 Å². The van der Waals surface area contributed by atoms with Gasteiger partial charge < -0.3 is 15.3 Å². The molecule has 1 aromatic rings. The van der Waals surface area contributed by atoms with E-state index in [1.165, 1.54) is 18.5 Å². The predicted molar refractivity (Wildman–Crippen MR) is 66.1 cm³/mol. The van der Waals surface area contributed by atoms with E-state index in [1.54, 1.807) is 0 Å². The Morgan fingerprint density at radius 2 is 2.29 bits per heavy atom. The van der Waals surface area contributed by atoms with Gasteiger partial charge in [0.15, 0.2) is 0 Å². The molecule has 2 N–H and O–H groups in total. The van der Waals surface area contributed by atoms with E-state index in [1.807, 2.05) is 19.0 Å². The van der Waals surface area contributed by atoms with Crippen molar-refractivity contribution in [1.82, 2.24) is 15.2 Å². The molecule has 0 bridgehead atoms. The molecule has 1 aromatic heterocycles. The first-order chi connectivity index (χ1) is 7.99. The number of carbonyl (C=O) groups is 1. The number of rotatable bonds is 5. The number of hydrogen-bond acceptors (Lipinski definition) is 4. The maximum atomic E-state index is 11.7. The topological polar surface area (TPSA) is 65.5 Å². The Kier molecular flexibility index (Phi) is 5.34. The van der Waals surface area contributed by atoms with Gasteiger partial charge in [0, 0.05) is 25.5 Å². The van der Waals surface area contributed by atoms with Crippen LogP contribution >= 0.6 is 11.6 Å². The summed E-state index contributed by atoms with van der Waals surface area (Å²) < 4.78 is 0. The van der Waals surface area contributed by atoms with Gasteiger partial charge in [0.2, 0.25) is 0 Å². The van der Waals surface area contributed by atoms with Crippen molar-refractivity contribution in [3.8, 4) is 0 Å². The molecule has 1 atom stereocenters. The summed E-state index contributed by atoms with van der Waals surface area (Å²) >= 11 is 5.72. The summed E-state index contributed by atoms with van der Waals surface area (Å²) in [7, 11) is 3.71. The lowest BCUT2D eigenvalue weighted by atomic mass is 10.2. The third kappa shape index (κ3) is 5.12. The highest BCUT2D eigenvalue weighted by molar-refractivity contribution is 6.30. The zero-order valence-corrected chi connectivity index (χ0v) is 10.6. The first kappa shape index (κ1) is 13.9. The predicted octanol–water partition coefficient (Wildman–Crippen LogP) is 0.387. The second kappa shape index (κ2) is 6.54. The van der Waals surface area contributed by atoms with Crippen molar-refractivity contribution in [1.29, 1.82) is 0 Å². The molecule has 0 spiro atoms. The largest absolute Gasteiger partial charge is 0.390 e. The number of aliphatic hydroxyl groups is 1. The normalized spacial score (nSPS) is 12.5. The van der Waals surface area contributed by atoms with Crippen LogP contribution in [0.4, 0.5) is 0 Å². The SMILES string of the molecule is CN(C)C[C@H](O)CNC(=O)c1cncc(Cl)c1. The van der Waals surface area contributed by atoms with E-state index in [-0.39, 0.29) is 12.5 Å². The van der Waals surface area contributed by atoms with Crippen LogP contribution in [0.25, 0.3) is 0 Å². The third-order valence-electron chi connectivity index (χ3n) is 2.04. The number of aromatic nitrogens is 1. The molecule has 5 nitrogen and oxygen atoms in total. The summed E-state index contributed by atoms with van der Waals surface area (Å²) in [4.78, 5) is 17.3. The van der Waals surface area contributed by atoms with Gasteiger partial charge in [-0.3, -0.25) is 9.78 Å². The standard InChI is InChI=1S/C11H16ClN3O2/c1-15(2)7-10(16)6-14-11(17)8-3-9(12)5-13-4-8/h3-5,10,16H,6-7H2,1-2H3,(H,14,17)/t10-/m1/s1. The molecule has 1 heterocycles. The van der Waals surface area contributed by atoms with Crippen LogP contribution in [0.15, 0.2) is 18.5 Å². The van der Waals surface area contributed by atoms with E-state index in [0.29, 0.717) is 17.1 Å². The highest BCUT2D eigenvalue weighted by atomic mass is 35.5. The van der Waals surface area contributed by atoms with Crippen molar-refractivity contribution < 1.29 is 9.90 Å². The average Bonchev–Trinajstić information content (AvgIpc) is 2.25. The van der Waals surface area contributed by atoms with Gasteiger partial charge in [-0.05, 0) is 20.2 Å². The highest BCUT2D eigenvalue weighted by Gasteiger charge is 2.10. The van der Waals surface area contributed by atoms with Gasteiger partial charge >= 0.3 is 0 Å². The van der Waals surface area contributed by atoms with Gasteiger partial charge in [0.25, 0.3) is 5.91 Å². The van der Waals surface area contributed by atoms with E-state index in [9.17, 15) is 9.90 Å². The molecular weight excluding hydrogens is 242 g/mol. The van der Waals surface area contributed by atoms with Crippen LogP contribution in [0.3, 0.4) is 0 Å². The fourth-order valence-corrected chi connectivity index (χ4v) is 1.51. The summed E-state index contributed by atoms with van der Waals surface area (Å²) in [6.45, 7) is 0.692. The zero-order chi connectivity index (χ0) is 12.8. The number of nitrogens with zero attached hydrogens (tertiary/aromatic N) is 2. The fraction of sp³-hybridized carbons (Fsp3) is 0.455. The number of nitrogens with one attached hydrogen (secondary N) is 1. The molecule has 0 saturated carbocycles. The number of pyridine rings is 1. The van der Waals surface area contributed by atoms with E-state index in [0.717, 1.165) is 0 Å². The Morgan fingerprint density at radius 3 is 2.88 bits per heavy atom. The van der Waals surface area contributed by atoms with Gasteiger partial charge in [0.05, 0.1) is 16.7 Å². The molecule has 94 valence electrons. The van der Waals surface area contributed by atoms with Crippen molar-refractivity contribution in [3.05, 3.63) is 29.0 Å². The van der Waals surface area contributed by atoms with E-state index >= 15 is 0 Å². The minimum absolute atomic E-state index is 0.198. The molecule has 0 aliphatic carbocycles. The molecule has 0 unspecified atom stereocenters. The molecule has 0 aromatic carbocycles. The van der Waals surface area contributed by atoms with Crippen molar-refractivity contribution in [3.63, 3.8) is 0 Å². The van der Waals surface area contributed by atoms with Gasteiger partial charge in [0.1, 0.15) is 0 Å². The van der Waals surface area contributed by atoms with Gasteiger partial charge in [-0.1, -0.05) is 11.6 Å². The summed E-state index contributed by atoms with van der Waals surface area (Å²) in [5, 5.41) is 12.6. The quantitative estimate of drug-likeness (QED) is 0.801. The fourth-order valence-electron chi connectivity index (χ4n) is 1.33. The maximum absolute atomic E-state index is 11.7. The van der Waals surface area contributed by atoms with Gasteiger partial charge in [-0.15, -0.1) is 0 Å². The molecule has 0 radical (unpaired) electrons. The molecule has 6 heteroatoms. The second-order valence-corrected chi connectivity index (χ2v) is 4.45. The number of aliphatic hydroxyl groups excluding tert-OH is 1. The maximum Gasteiger partial charge on any atom is 0.252 e. The van der Waals surface area contributed by atoms with Crippen molar-refractivity contribution in [2.45, 2.75) is 6.10 Å². The smallest absolute Gasteiger partial charge is 0.252 e. The van der Waals surface area contributed by atoms with E-state index < -0.39 is 6.10 Å². The van der Waals surface area contributed by atoms with Crippen molar-refractivity contribution in [2.24, 2.45) is 0 Å². The van der Waals surface area contributed by atoms with Crippen molar-refractivity contribution >= 4 is 17.5 Å². The summed E-state index contributed by atoms with van der Waals surface area (Å²) in [6, 6.07) is 1.53. The number of amides is 1. The molecule has 17 heavy (non-hydrogen) atoms. The molecular formula is C11H16ClN3O2. The Bertz CT molecular complexity index is 385. The third-order valence-corrected chi connectivity index (χ3v) is 2.25. The first-order valence-electron chi connectivity index (χ1n) is 5.20. The molecule has 1 rings (SSSR count). The molecule has 0 aliphatic rings. The summed E-state index contributed by atoms with van der Waals surface area (Å²) in [5.74, 6) is -0.294. The molecule has 0 aliphatic heterocycles. The van der Waals surface area contributed by atoms with Gasteiger partial charge in [-0.25, -0.2) is 0 Å². The highest BCUT2D eigenvalue weighted by Crippen LogP contribution is 2.07. The molecule has 1 amide bonds. The Labute approximate surface area is 105 Å². The lowest BCUT2D eigenvalue weighted by Crippen LogP contribution is -2.37. The van der Waals surface area contributed by atoms with Crippen LogP contribution in [-0.2, 0) is 0 Å². The number of carbonyl (C=O) groups excluding carboxylic acids is 1. The zero-order valence-electron chi connectivity index (χ0n) is 9.85. The van der Waals surface area contributed by atoms with Crippen LogP contribution in [0.2, 0.25) is 5.02 Å². The monoisotopic (exact) mass is 257 g/mol. The van der Waals surface area contributed by atoms with Crippen molar-refractivity contribution in [2.75, 3.05) is 27.2 Å². The van der Waals surface area contributed by atoms with Crippen LogP contribution in [-0.4, -0.2) is 54.2 Å². The van der Waals surface area contributed by atoms with Crippen LogP contribution < -0.4 is 5.32 Å². The average molecular weight is 258 g/mol. The number of hydrogen-bond donors (Lipinski definition) is 2. The Balaban J connectivity index is 2.45. The summed E-state index contributed by atoms with van der Waals surface area (Å²) in [6.07, 6.45) is 2.29.